The summed E-state index contributed by atoms with van der Waals surface area (Å²) in [4.78, 5) is 10.0. The van der Waals surface area contributed by atoms with Gasteiger partial charge in [0.1, 0.15) is 0 Å². The average Bonchev–Trinajstić information content (AvgIpc) is 1.69. The summed E-state index contributed by atoms with van der Waals surface area (Å²) in [6.07, 6.45) is 0. The van der Waals surface area contributed by atoms with Gasteiger partial charge in [-0.25, -0.2) is 5.43 Å². The van der Waals surface area contributed by atoms with Crippen LogP contribution in [0.5, 0.6) is 0 Å². The largest absolute Gasteiger partial charge is 0.367 e. The van der Waals surface area contributed by atoms with E-state index in [1.807, 2.05) is 5.43 Å². The van der Waals surface area contributed by atoms with Gasteiger partial charge in [-0.15, -0.1) is 0 Å². The Labute approximate surface area is 46.2 Å². The lowest BCUT2D eigenvalue weighted by atomic mass is 10.3. The number of hydrazine groups is 1. The van der Waals surface area contributed by atoms with Gasteiger partial charge in [0.2, 0.25) is 0 Å². The Balaban J connectivity index is 3.76. The van der Waals surface area contributed by atoms with E-state index in [-0.39, 0.29) is 0 Å². The molecule has 0 aliphatic carbocycles. The van der Waals surface area contributed by atoms with Crippen LogP contribution in [0.2, 0.25) is 0 Å². The topological polar surface area (TPSA) is 105 Å². The first kappa shape index (κ1) is 6.88. The average molecular weight is 114 g/mol. The molecular formula is C3H6N4O. The minimum atomic E-state index is -1.07. The maximum atomic E-state index is 10.0. The highest BCUT2D eigenvalue weighted by Crippen LogP contribution is 1.70. The summed E-state index contributed by atoms with van der Waals surface area (Å²) in [6.45, 7) is 0. The van der Waals surface area contributed by atoms with Crippen LogP contribution in [0.4, 0.5) is 0 Å². The van der Waals surface area contributed by atoms with Crippen molar-refractivity contribution in [1.29, 1.82) is 5.26 Å². The zero-order valence-corrected chi connectivity index (χ0v) is 4.09. The fraction of sp³-hybridized carbons (Fsp3) is 0.333. The smallest absolute Gasteiger partial charge is 0.250 e. The van der Waals surface area contributed by atoms with Gasteiger partial charge in [0.05, 0.1) is 6.07 Å². The van der Waals surface area contributed by atoms with E-state index in [1.54, 1.807) is 6.07 Å². The van der Waals surface area contributed by atoms with E-state index in [2.05, 4.69) is 5.73 Å². The van der Waals surface area contributed by atoms with Crippen molar-refractivity contribution in [2.24, 2.45) is 11.6 Å². The maximum Gasteiger partial charge on any atom is 0.250 e. The highest BCUT2D eigenvalue weighted by molar-refractivity contribution is 5.82. The Hall–Kier alpha value is -1.12. The number of nitrogens with one attached hydrogen (secondary N) is 1. The van der Waals surface area contributed by atoms with E-state index < -0.39 is 11.9 Å². The molecule has 0 aromatic rings. The molecule has 0 saturated carbocycles. The molecule has 1 unspecified atom stereocenters. The predicted octanol–water partition coefficient (Wildman–Crippen LogP) is -2.17. The molecule has 8 heavy (non-hydrogen) atoms. The van der Waals surface area contributed by atoms with Crippen LogP contribution in [0.25, 0.3) is 0 Å². The standard InChI is InChI=1S/C3H6N4O/c4-1-2(7-6)3(5)8/h2,7H,6H2,(H2,5,8). The van der Waals surface area contributed by atoms with E-state index in [0.29, 0.717) is 0 Å². The van der Waals surface area contributed by atoms with Gasteiger partial charge in [0, 0.05) is 0 Å². The summed E-state index contributed by atoms with van der Waals surface area (Å²) in [5, 5.41) is 8.00. The molecule has 0 fully saturated rings. The zero-order chi connectivity index (χ0) is 6.57. The van der Waals surface area contributed by atoms with Crippen LogP contribution in [-0.4, -0.2) is 11.9 Å². The van der Waals surface area contributed by atoms with Crippen LogP contribution in [0.1, 0.15) is 0 Å². The fourth-order valence-corrected chi connectivity index (χ4v) is 0.183. The summed E-state index contributed by atoms with van der Waals surface area (Å²) < 4.78 is 0. The van der Waals surface area contributed by atoms with E-state index in [4.69, 9.17) is 11.1 Å². The number of primary amides is 1. The van der Waals surface area contributed by atoms with Crippen molar-refractivity contribution in [2.75, 3.05) is 0 Å². The molecule has 0 aliphatic rings. The van der Waals surface area contributed by atoms with Gasteiger partial charge in [-0.1, -0.05) is 0 Å². The lowest BCUT2D eigenvalue weighted by molar-refractivity contribution is -0.118. The molecule has 0 heterocycles. The van der Waals surface area contributed by atoms with Crippen molar-refractivity contribution >= 4 is 5.91 Å². The molecule has 1 amide bonds. The Morgan fingerprint density at radius 3 is 2.38 bits per heavy atom. The van der Waals surface area contributed by atoms with E-state index >= 15 is 0 Å². The van der Waals surface area contributed by atoms with E-state index in [1.165, 1.54) is 0 Å². The lowest BCUT2D eigenvalue weighted by Gasteiger charge is -1.97. The molecule has 5 nitrogen and oxygen atoms in total. The van der Waals surface area contributed by atoms with Crippen LogP contribution in [0.3, 0.4) is 0 Å². The molecule has 0 spiro atoms. The van der Waals surface area contributed by atoms with Crippen molar-refractivity contribution in [3.8, 4) is 6.07 Å². The number of amides is 1. The van der Waals surface area contributed by atoms with Gasteiger partial charge in [-0.3, -0.25) is 10.6 Å². The Morgan fingerprint density at radius 2 is 2.38 bits per heavy atom. The molecule has 0 bridgehead atoms. The molecule has 44 valence electrons. The number of carbonyl (C=O) groups is 1. The molecule has 1 atom stereocenters. The lowest BCUT2D eigenvalue weighted by Crippen LogP contribution is -2.43. The summed E-state index contributed by atoms with van der Waals surface area (Å²) in [5.74, 6) is 3.94. The number of nitrogens with two attached hydrogens (primary N) is 2. The van der Waals surface area contributed by atoms with Crippen LogP contribution in [0, 0.1) is 11.3 Å². The second kappa shape index (κ2) is 2.96. The van der Waals surface area contributed by atoms with Gasteiger partial charge in [-0.05, 0) is 0 Å². The molecule has 0 saturated heterocycles. The summed E-state index contributed by atoms with van der Waals surface area (Å²) in [6, 6.07) is 0.466. The van der Waals surface area contributed by atoms with Crippen molar-refractivity contribution < 1.29 is 4.79 Å². The SMILES string of the molecule is N#CC(NN)C(N)=O. The minimum Gasteiger partial charge on any atom is -0.367 e. The number of hydrogen-bond donors (Lipinski definition) is 3. The van der Waals surface area contributed by atoms with Gasteiger partial charge < -0.3 is 5.73 Å². The molecule has 0 rings (SSSR count). The quantitative estimate of drug-likeness (QED) is 0.280. The minimum absolute atomic E-state index is 0.769. The highest BCUT2D eigenvalue weighted by atomic mass is 16.1. The van der Waals surface area contributed by atoms with Crippen molar-refractivity contribution in [3.63, 3.8) is 0 Å². The van der Waals surface area contributed by atoms with Crippen molar-refractivity contribution in [1.82, 2.24) is 5.43 Å². The molecule has 5 N–H and O–H groups in total. The number of carbonyl (C=O) groups excluding carboxylic acids is 1. The van der Waals surface area contributed by atoms with E-state index in [0.717, 1.165) is 0 Å². The van der Waals surface area contributed by atoms with Gasteiger partial charge >= 0.3 is 0 Å². The first-order valence-electron chi connectivity index (χ1n) is 1.87. The molecular weight excluding hydrogens is 108 g/mol. The summed E-state index contributed by atoms with van der Waals surface area (Å²) in [7, 11) is 0. The Bertz CT molecular complexity index is 126. The van der Waals surface area contributed by atoms with Gasteiger partial charge in [0.15, 0.2) is 6.04 Å². The van der Waals surface area contributed by atoms with Crippen LogP contribution in [0.15, 0.2) is 0 Å². The van der Waals surface area contributed by atoms with Crippen molar-refractivity contribution in [2.45, 2.75) is 6.04 Å². The van der Waals surface area contributed by atoms with Gasteiger partial charge in [0.25, 0.3) is 5.91 Å². The Morgan fingerprint density at radius 1 is 1.88 bits per heavy atom. The van der Waals surface area contributed by atoms with Crippen LogP contribution >= 0.6 is 0 Å². The third kappa shape index (κ3) is 1.55. The summed E-state index contributed by atoms with van der Waals surface area (Å²) >= 11 is 0. The first-order chi connectivity index (χ1) is 3.72. The zero-order valence-electron chi connectivity index (χ0n) is 4.09. The summed E-state index contributed by atoms with van der Waals surface area (Å²) in [5.41, 5.74) is 6.57. The monoisotopic (exact) mass is 114 g/mol. The third-order valence-electron chi connectivity index (χ3n) is 0.580. The first-order valence-corrected chi connectivity index (χ1v) is 1.87. The molecule has 5 heteroatoms. The second-order valence-electron chi connectivity index (χ2n) is 1.13. The molecule has 0 radical (unpaired) electrons. The molecule has 0 aliphatic heterocycles. The van der Waals surface area contributed by atoms with E-state index in [9.17, 15) is 4.79 Å². The molecule has 0 aromatic heterocycles. The number of nitrogens with zero attached hydrogens (tertiary/aromatic N) is 1. The predicted molar refractivity (Wildman–Crippen MR) is 25.9 cm³/mol. The Kier molecular flexibility index (Phi) is 2.54. The second-order valence-corrected chi connectivity index (χ2v) is 1.13. The maximum absolute atomic E-state index is 10.0. The normalized spacial score (nSPS) is 12.0. The van der Waals surface area contributed by atoms with Crippen LogP contribution < -0.4 is 17.0 Å². The molecule has 0 aromatic carbocycles. The van der Waals surface area contributed by atoms with Crippen LogP contribution in [-0.2, 0) is 4.79 Å². The highest BCUT2D eigenvalue weighted by Gasteiger charge is 2.09. The number of rotatable bonds is 2. The third-order valence-corrected chi connectivity index (χ3v) is 0.580. The number of hydrogen-bond acceptors (Lipinski definition) is 4. The van der Waals surface area contributed by atoms with Crippen molar-refractivity contribution in [3.05, 3.63) is 0 Å². The van der Waals surface area contributed by atoms with Gasteiger partial charge in [-0.2, -0.15) is 5.26 Å². The number of nitriles is 1. The fourth-order valence-electron chi connectivity index (χ4n) is 0.183.